The van der Waals surface area contributed by atoms with Gasteiger partial charge in [-0.15, -0.1) is 0 Å². The summed E-state index contributed by atoms with van der Waals surface area (Å²) in [6.45, 7) is 1.01. The van der Waals surface area contributed by atoms with Crippen LogP contribution >= 0.6 is 0 Å². The number of aliphatic hydroxyl groups is 1. The van der Waals surface area contributed by atoms with Gasteiger partial charge in [-0.25, -0.2) is 18.4 Å². The fourth-order valence-electron chi connectivity index (χ4n) is 4.70. The lowest BCUT2D eigenvalue weighted by Gasteiger charge is -2.37. The van der Waals surface area contributed by atoms with Crippen molar-refractivity contribution in [2.45, 2.75) is 37.1 Å². The average molecular weight is 534 g/mol. The molecule has 1 fully saturated rings. The monoisotopic (exact) mass is 534 g/mol. The Balaban J connectivity index is 1.26. The number of likely N-dealkylation sites (tertiary alicyclic amines) is 1. The van der Waals surface area contributed by atoms with Gasteiger partial charge < -0.3 is 14.5 Å². The van der Waals surface area contributed by atoms with E-state index in [-0.39, 0.29) is 30.4 Å². The van der Waals surface area contributed by atoms with Crippen LogP contribution in [-0.2, 0) is 18.3 Å². The van der Waals surface area contributed by atoms with Gasteiger partial charge in [0, 0.05) is 29.7 Å². The molecule has 8 nitrogen and oxygen atoms in total. The maximum absolute atomic E-state index is 14.7. The SMILES string of the molecule is OC(CN1CCC(c2nc(-c3ccc(C(F)(F)F)cc3)no2)CC1)(Cn1cncn1)c1ccc(F)cc1F. The molecule has 0 radical (unpaired) electrons. The van der Waals surface area contributed by atoms with Gasteiger partial charge in [-0.1, -0.05) is 23.4 Å². The van der Waals surface area contributed by atoms with Gasteiger partial charge in [-0.2, -0.15) is 23.3 Å². The Morgan fingerprint density at radius 2 is 1.74 bits per heavy atom. The molecule has 0 amide bonds. The topological polar surface area (TPSA) is 93.1 Å². The van der Waals surface area contributed by atoms with Crippen LogP contribution in [0.5, 0.6) is 0 Å². The van der Waals surface area contributed by atoms with E-state index in [2.05, 4.69) is 20.2 Å². The van der Waals surface area contributed by atoms with Crippen LogP contribution in [0.25, 0.3) is 11.4 Å². The smallest absolute Gasteiger partial charge is 0.382 e. The van der Waals surface area contributed by atoms with Crippen molar-refractivity contribution in [2.24, 2.45) is 0 Å². The van der Waals surface area contributed by atoms with E-state index in [9.17, 15) is 27.1 Å². The molecule has 1 atom stereocenters. The third kappa shape index (κ3) is 5.58. The van der Waals surface area contributed by atoms with Crippen LogP contribution < -0.4 is 0 Å². The molecule has 38 heavy (non-hydrogen) atoms. The summed E-state index contributed by atoms with van der Waals surface area (Å²) < 4.78 is 73.5. The van der Waals surface area contributed by atoms with Crippen LogP contribution in [0.15, 0.2) is 59.6 Å². The van der Waals surface area contributed by atoms with E-state index in [0.29, 0.717) is 37.4 Å². The van der Waals surface area contributed by atoms with Crippen molar-refractivity contribution >= 4 is 0 Å². The normalized spacial score (nSPS) is 17.0. The van der Waals surface area contributed by atoms with Gasteiger partial charge in [0.1, 0.15) is 29.9 Å². The fraction of sp³-hybridized carbons (Fsp3) is 0.360. The molecule has 1 aliphatic heterocycles. The molecular weight excluding hydrogens is 511 g/mol. The first kappa shape index (κ1) is 25.9. The number of hydrogen-bond acceptors (Lipinski definition) is 7. The summed E-state index contributed by atoms with van der Waals surface area (Å²) >= 11 is 0. The first-order valence-electron chi connectivity index (χ1n) is 11.8. The van der Waals surface area contributed by atoms with Gasteiger partial charge in [0.25, 0.3) is 0 Å². The van der Waals surface area contributed by atoms with Crippen molar-refractivity contribution in [1.82, 2.24) is 29.8 Å². The predicted octanol–water partition coefficient (Wildman–Crippen LogP) is 4.39. The molecule has 1 aliphatic rings. The van der Waals surface area contributed by atoms with Crippen molar-refractivity contribution in [3.63, 3.8) is 0 Å². The highest BCUT2D eigenvalue weighted by atomic mass is 19.4. The molecule has 5 rings (SSSR count). The molecule has 1 saturated heterocycles. The number of hydrogen-bond donors (Lipinski definition) is 1. The lowest BCUT2D eigenvalue weighted by Crippen LogP contribution is -2.47. The molecule has 0 saturated carbocycles. The number of rotatable bonds is 7. The minimum absolute atomic E-state index is 0.0467. The van der Waals surface area contributed by atoms with Crippen LogP contribution in [0.2, 0.25) is 0 Å². The second-order valence-electron chi connectivity index (χ2n) is 9.33. The Morgan fingerprint density at radius 3 is 2.37 bits per heavy atom. The molecule has 2 aromatic carbocycles. The van der Waals surface area contributed by atoms with Crippen LogP contribution in [0.3, 0.4) is 0 Å². The maximum Gasteiger partial charge on any atom is 0.416 e. The van der Waals surface area contributed by atoms with Crippen molar-refractivity contribution in [3.05, 3.63) is 83.8 Å². The highest BCUT2D eigenvalue weighted by molar-refractivity contribution is 5.54. The Hall–Kier alpha value is -3.71. The minimum atomic E-state index is -4.43. The highest BCUT2D eigenvalue weighted by Gasteiger charge is 2.37. The minimum Gasteiger partial charge on any atom is -0.382 e. The zero-order chi connectivity index (χ0) is 26.9. The third-order valence-electron chi connectivity index (χ3n) is 6.66. The number of β-amino-alcohol motifs (C(OH)–C–C–N with tert-alkyl or cyclic N) is 1. The average Bonchev–Trinajstić information content (AvgIpc) is 3.56. The predicted molar refractivity (Wildman–Crippen MR) is 123 cm³/mol. The summed E-state index contributed by atoms with van der Waals surface area (Å²) in [5.41, 5.74) is -2.11. The van der Waals surface area contributed by atoms with Crippen molar-refractivity contribution in [1.29, 1.82) is 0 Å². The quantitative estimate of drug-likeness (QED) is 0.352. The molecule has 0 aliphatic carbocycles. The summed E-state index contributed by atoms with van der Waals surface area (Å²) in [4.78, 5) is 10.2. The van der Waals surface area contributed by atoms with Crippen molar-refractivity contribution in [3.8, 4) is 11.4 Å². The van der Waals surface area contributed by atoms with E-state index >= 15 is 0 Å². The van der Waals surface area contributed by atoms with Gasteiger partial charge in [0.2, 0.25) is 11.7 Å². The summed E-state index contributed by atoms with van der Waals surface area (Å²) in [6.07, 6.45) is -0.530. The fourth-order valence-corrected chi connectivity index (χ4v) is 4.70. The van der Waals surface area contributed by atoms with Gasteiger partial charge >= 0.3 is 6.18 Å². The molecule has 0 bridgehead atoms. The van der Waals surface area contributed by atoms with E-state index < -0.39 is 29.0 Å². The Labute approximate surface area is 213 Å². The lowest BCUT2D eigenvalue weighted by atomic mass is 9.90. The van der Waals surface area contributed by atoms with E-state index in [4.69, 9.17) is 4.52 Å². The number of halogens is 5. The largest absolute Gasteiger partial charge is 0.416 e. The summed E-state index contributed by atoms with van der Waals surface area (Å²) in [7, 11) is 0. The van der Waals surface area contributed by atoms with E-state index in [1.165, 1.54) is 35.5 Å². The molecular formula is C25H23F5N6O2. The number of aromatic nitrogens is 5. The van der Waals surface area contributed by atoms with E-state index in [1.807, 2.05) is 4.90 Å². The van der Waals surface area contributed by atoms with Gasteiger partial charge in [-0.3, -0.25) is 0 Å². The number of piperidine rings is 1. The van der Waals surface area contributed by atoms with Gasteiger partial charge in [0.05, 0.1) is 12.1 Å². The van der Waals surface area contributed by atoms with Crippen LogP contribution in [0.4, 0.5) is 22.0 Å². The molecule has 13 heteroatoms. The molecule has 200 valence electrons. The summed E-state index contributed by atoms with van der Waals surface area (Å²) in [6, 6.07) is 7.59. The standard InChI is InChI=1S/C25H23F5N6O2/c26-19-5-6-20(21(27)11-19)24(37,13-36-15-31-14-32-36)12-35-9-7-17(8-10-35)23-33-22(34-38-23)16-1-3-18(4-2-16)25(28,29)30/h1-6,11,14-15,17,37H,7-10,12-13H2. The zero-order valence-electron chi connectivity index (χ0n) is 19.9. The maximum atomic E-state index is 14.7. The third-order valence-corrected chi connectivity index (χ3v) is 6.66. The highest BCUT2D eigenvalue weighted by Crippen LogP contribution is 2.34. The first-order chi connectivity index (χ1) is 18.1. The second-order valence-corrected chi connectivity index (χ2v) is 9.33. The molecule has 2 aromatic heterocycles. The van der Waals surface area contributed by atoms with Crippen LogP contribution in [0, 0.1) is 11.6 Å². The first-order valence-corrected chi connectivity index (χ1v) is 11.8. The van der Waals surface area contributed by atoms with Crippen LogP contribution in [0.1, 0.15) is 35.8 Å². The molecule has 4 aromatic rings. The zero-order valence-corrected chi connectivity index (χ0v) is 19.9. The molecule has 0 spiro atoms. The molecule has 1 N–H and O–H groups in total. The summed E-state index contributed by atoms with van der Waals surface area (Å²) in [5, 5.41) is 19.5. The van der Waals surface area contributed by atoms with Gasteiger partial charge in [-0.05, 0) is 44.1 Å². The summed E-state index contributed by atoms with van der Waals surface area (Å²) in [5.74, 6) is -1.12. The van der Waals surface area contributed by atoms with Gasteiger partial charge in [0.15, 0.2) is 0 Å². The van der Waals surface area contributed by atoms with Crippen molar-refractivity contribution < 1.29 is 31.6 Å². The number of alkyl halides is 3. The number of nitrogens with zero attached hydrogens (tertiary/aromatic N) is 6. The Kier molecular flexibility index (Phi) is 6.97. The second kappa shape index (κ2) is 10.2. The van der Waals surface area contributed by atoms with E-state index in [1.54, 1.807) is 0 Å². The Morgan fingerprint density at radius 1 is 1.00 bits per heavy atom. The molecule has 1 unspecified atom stereocenters. The Bertz CT molecular complexity index is 1370. The molecule has 3 heterocycles. The number of benzene rings is 2. The van der Waals surface area contributed by atoms with Crippen LogP contribution in [-0.4, -0.2) is 54.5 Å². The lowest BCUT2D eigenvalue weighted by molar-refractivity contribution is -0.137. The van der Waals surface area contributed by atoms with E-state index in [0.717, 1.165) is 24.3 Å². The van der Waals surface area contributed by atoms with Crippen molar-refractivity contribution in [2.75, 3.05) is 19.6 Å².